The number of halogens is 4. The van der Waals surface area contributed by atoms with Gasteiger partial charge in [0.1, 0.15) is 17.0 Å². The molecule has 1 atom stereocenters. The number of hydrogen-bond donors (Lipinski definition) is 0. The van der Waals surface area contributed by atoms with Crippen LogP contribution in [0.3, 0.4) is 0 Å². The van der Waals surface area contributed by atoms with Crippen LogP contribution in [0.1, 0.15) is 16.7 Å². The molecule has 2 aromatic rings. The number of hydrogen-bond acceptors (Lipinski definition) is 1. The largest absolute Gasteiger partial charge is 0.467 e. The molecule has 1 aromatic carbocycles. The fourth-order valence-electron chi connectivity index (χ4n) is 1.32. The van der Waals surface area contributed by atoms with Crippen molar-refractivity contribution in [2.45, 2.75) is 5.38 Å². The molecule has 0 saturated carbocycles. The predicted octanol–water partition coefficient (Wildman–Crippen LogP) is 4.03. The Bertz CT molecular complexity index is 496. The van der Waals surface area contributed by atoms with Crippen LogP contribution >= 0.6 is 11.6 Å². The van der Waals surface area contributed by atoms with Gasteiger partial charge in [0.25, 0.3) is 0 Å². The smallest absolute Gasteiger partial charge is 0.161 e. The van der Waals surface area contributed by atoms with Crippen molar-refractivity contribution in [3.05, 3.63) is 59.3 Å². The third kappa shape index (κ3) is 1.93. The maximum absolute atomic E-state index is 13.3. The van der Waals surface area contributed by atoms with Gasteiger partial charge in [0.2, 0.25) is 0 Å². The quantitative estimate of drug-likeness (QED) is 0.576. The minimum Gasteiger partial charge on any atom is -0.467 e. The Morgan fingerprint density at radius 1 is 1.06 bits per heavy atom. The predicted molar refractivity (Wildman–Crippen MR) is 52.7 cm³/mol. The molecular formula is C11H6ClF3O. The van der Waals surface area contributed by atoms with E-state index in [0.717, 1.165) is 6.07 Å². The lowest BCUT2D eigenvalue weighted by molar-refractivity contribution is 0.482. The summed E-state index contributed by atoms with van der Waals surface area (Å²) in [6.07, 6.45) is 1.36. The van der Waals surface area contributed by atoms with E-state index in [1.165, 1.54) is 12.3 Å². The van der Waals surface area contributed by atoms with Gasteiger partial charge in [-0.25, -0.2) is 13.2 Å². The Balaban J connectivity index is 2.44. The van der Waals surface area contributed by atoms with Crippen LogP contribution in [-0.2, 0) is 0 Å². The third-order valence-electron chi connectivity index (χ3n) is 2.11. The van der Waals surface area contributed by atoms with Gasteiger partial charge in [0, 0.05) is 11.6 Å². The molecule has 0 amide bonds. The fourth-order valence-corrected chi connectivity index (χ4v) is 1.61. The van der Waals surface area contributed by atoms with Crippen molar-refractivity contribution in [2.75, 3.05) is 0 Å². The van der Waals surface area contributed by atoms with Gasteiger partial charge in [-0.2, -0.15) is 0 Å². The molecule has 0 aliphatic heterocycles. The third-order valence-corrected chi connectivity index (χ3v) is 2.56. The molecule has 1 heterocycles. The average Bonchev–Trinajstić information content (AvgIpc) is 2.75. The molecule has 0 saturated heterocycles. The first-order chi connectivity index (χ1) is 7.59. The van der Waals surface area contributed by atoms with Crippen molar-refractivity contribution < 1.29 is 17.6 Å². The summed E-state index contributed by atoms with van der Waals surface area (Å²) in [6, 6.07) is 4.29. The monoisotopic (exact) mass is 246 g/mol. The van der Waals surface area contributed by atoms with Gasteiger partial charge in [-0.1, -0.05) is 0 Å². The first-order valence-corrected chi connectivity index (χ1v) is 4.85. The van der Waals surface area contributed by atoms with Crippen molar-refractivity contribution in [1.82, 2.24) is 0 Å². The summed E-state index contributed by atoms with van der Waals surface area (Å²) in [5.41, 5.74) is -0.157. The second kappa shape index (κ2) is 4.22. The summed E-state index contributed by atoms with van der Waals surface area (Å²) >= 11 is 5.88. The van der Waals surface area contributed by atoms with Crippen LogP contribution in [0.15, 0.2) is 34.9 Å². The molecule has 0 N–H and O–H groups in total. The zero-order valence-corrected chi connectivity index (χ0v) is 8.64. The highest BCUT2D eigenvalue weighted by Gasteiger charge is 2.20. The van der Waals surface area contributed by atoms with Crippen molar-refractivity contribution in [1.29, 1.82) is 0 Å². The summed E-state index contributed by atoms with van der Waals surface area (Å²) < 4.78 is 43.9. The molecule has 0 fully saturated rings. The molecular weight excluding hydrogens is 241 g/mol. The van der Waals surface area contributed by atoms with Crippen molar-refractivity contribution in [2.24, 2.45) is 0 Å². The van der Waals surface area contributed by atoms with Gasteiger partial charge < -0.3 is 4.42 Å². The summed E-state index contributed by atoms with van der Waals surface area (Å²) in [7, 11) is 0. The van der Waals surface area contributed by atoms with E-state index in [0.29, 0.717) is 6.07 Å². The van der Waals surface area contributed by atoms with Gasteiger partial charge in [0.15, 0.2) is 11.6 Å². The normalized spacial score (nSPS) is 12.8. The maximum Gasteiger partial charge on any atom is 0.161 e. The van der Waals surface area contributed by atoms with Gasteiger partial charge in [-0.15, -0.1) is 11.6 Å². The standard InChI is InChI=1S/C11H6ClF3O/c12-11(10-2-1-3-16-10)6-4-8(14)9(15)5-7(6)13/h1-5,11H. The van der Waals surface area contributed by atoms with Crippen molar-refractivity contribution in [3.63, 3.8) is 0 Å². The van der Waals surface area contributed by atoms with Gasteiger partial charge in [-0.05, 0) is 18.2 Å². The molecule has 1 aromatic heterocycles. The van der Waals surface area contributed by atoms with E-state index in [1.807, 2.05) is 0 Å². The maximum atomic E-state index is 13.3. The molecule has 0 spiro atoms. The average molecular weight is 247 g/mol. The van der Waals surface area contributed by atoms with Gasteiger partial charge in [-0.3, -0.25) is 0 Å². The molecule has 2 rings (SSSR count). The molecule has 0 aliphatic rings. The molecule has 1 nitrogen and oxygen atoms in total. The summed E-state index contributed by atoms with van der Waals surface area (Å²) in [4.78, 5) is 0. The Kier molecular flexibility index (Phi) is 2.92. The number of rotatable bonds is 2. The van der Waals surface area contributed by atoms with Crippen LogP contribution < -0.4 is 0 Å². The molecule has 84 valence electrons. The zero-order chi connectivity index (χ0) is 11.7. The van der Waals surface area contributed by atoms with E-state index in [-0.39, 0.29) is 11.3 Å². The van der Waals surface area contributed by atoms with Crippen molar-refractivity contribution in [3.8, 4) is 0 Å². The van der Waals surface area contributed by atoms with E-state index < -0.39 is 22.8 Å². The lowest BCUT2D eigenvalue weighted by atomic mass is 10.1. The van der Waals surface area contributed by atoms with E-state index in [1.54, 1.807) is 6.07 Å². The lowest BCUT2D eigenvalue weighted by Crippen LogP contribution is -1.99. The highest BCUT2D eigenvalue weighted by Crippen LogP contribution is 2.31. The highest BCUT2D eigenvalue weighted by atomic mass is 35.5. The number of alkyl halides is 1. The van der Waals surface area contributed by atoms with Gasteiger partial charge in [0.05, 0.1) is 6.26 Å². The second-order valence-electron chi connectivity index (χ2n) is 3.17. The molecule has 0 aliphatic carbocycles. The molecule has 1 unspecified atom stereocenters. The van der Waals surface area contributed by atoms with E-state index >= 15 is 0 Å². The first-order valence-electron chi connectivity index (χ1n) is 4.41. The van der Waals surface area contributed by atoms with E-state index in [2.05, 4.69) is 0 Å². The molecule has 16 heavy (non-hydrogen) atoms. The Labute approximate surface area is 94.4 Å². The minimum atomic E-state index is -1.25. The molecule has 0 bridgehead atoms. The molecule has 5 heteroatoms. The second-order valence-corrected chi connectivity index (χ2v) is 3.60. The Morgan fingerprint density at radius 2 is 1.75 bits per heavy atom. The SMILES string of the molecule is Fc1cc(F)c(C(Cl)c2ccco2)cc1F. The lowest BCUT2D eigenvalue weighted by Gasteiger charge is -2.08. The van der Waals surface area contributed by atoms with Crippen LogP contribution in [0, 0.1) is 17.5 Å². The van der Waals surface area contributed by atoms with Gasteiger partial charge >= 0.3 is 0 Å². The minimum absolute atomic E-state index is 0.157. The van der Waals surface area contributed by atoms with Crippen LogP contribution in [0.5, 0.6) is 0 Å². The van der Waals surface area contributed by atoms with Crippen LogP contribution in [0.25, 0.3) is 0 Å². The van der Waals surface area contributed by atoms with E-state index in [4.69, 9.17) is 16.0 Å². The van der Waals surface area contributed by atoms with Crippen LogP contribution in [-0.4, -0.2) is 0 Å². The van der Waals surface area contributed by atoms with Crippen molar-refractivity contribution >= 4 is 11.6 Å². The summed E-state index contributed by atoms with van der Waals surface area (Å²) in [5.74, 6) is -3.03. The summed E-state index contributed by atoms with van der Waals surface area (Å²) in [5, 5.41) is -0.981. The first kappa shape index (κ1) is 11.1. The summed E-state index contributed by atoms with van der Waals surface area (Å²) in [6.45, 7) is 0. The van der Waals surface area contributed by atoms with Crippen LogP contribution in [0.2, 0.25) is 0 Å². The van der Waals surface area contributed by atoms with Crippen LogP contribution in [0.4, 0.5) is 13.2 Å². The molecule has 0 radical (unpaired) electrons. The number of furan rings is 1. The Morgan fingerprint density at radius 3 is 2.38 bits per heavy atom. The number of benzene rings is 1. The fraction of sp³-hybridized carbons (Fsp3) is 0.0909. The highest BCUT2D eigenvalue weighted by molar-refractivity contribution is 6.22. The van der Waals surface area contributed by atoms with E-state index in [9.17, 15) is 13.2 Å². The topological polar surface area (TPSA) is 13.1 Å². The zero-order valence-electron chi connectivity index (χ0n) is 7.88. The Hall–Kier alpha value is -1.42.